The second-order valence-corrected chi connectivity index (χ2v) is 11.6. The lowest BCUT2D eigenvalue weighted by atomic mass is 9.72. The summed E-state index contributed by atoms with van der Waals surface area (Å²) in [5.41, 5.74) is 3.87. The van der Waals surface area contributed by atoms with Crippen LogP contribution in [0, 0.1) is 11.3 Å². The van der Waals surface area contributed by atoms with E-state index in [1.807, 2.05) is 31.2 Å². The highest BCUT2D eigenvalue weighted by Crippen LogP contribution is 2.45. The highest BCUT2D eigenvalue weighted by Gasteiger charge is 2.33. The van der Waals surface area contributed by atoms with Crippen molar-refractivity contribution >= 4 is 40.1 Å². The third kappa shape index (κ3) is 6.33. The molecule has 0 bridgehead atoms. The first-order valence-electron chi connectivity index (χ1n) is 13.2. The molecule has 0 radical (unpaired) electrons. The minimum atomic E-state index is -0.380. The number of benzene rings is 2. The van der Waals surface area contributed by atoms with Crippen LogP contribution in [-0.4, -0.2) is 31.3 Å². The summed E-state index contributed by atoms with van der Waals surface area (Å²) in [6, 6.07) is 14.5. The maximum atomic E-state index is 13.7. The van der Waals surface area contributed by atoms with Gasteiger partial charge in [0, 0.05) is 22.3 Å². The number of aliphatic imine (C=N–C) groups is 1. The van der Waals surface area contributed by atoms with E-state index in [2.05, 4.69) is 26.1 Å². The van der Waals surface area contributed by atoms with Crippen LogP contribution in [0.5, 0.6) is 5.75 Å². The Labute approximate surface area is 229 Å². The van der Waals surface area contributed by atoms with Crippen LogP contribution in [0.3, 0.4) is 0 Å². The summed E-state index contributed by atoms with van der Waals surface area (Å²) in [6.07, 6.45) is 4.62. The average Bonchev–Trinajstić information content (AvgIpc) is 3.26. The molecule has 1 amide bonds. The molecule has 6 nitrogen and oxygen atoms in total. The maximum Gasteiger partial charge on any atom is 0.338 e. The standard InChI is InChI=1S/C31H36N2O4S/c1-6-36-25-11-9-8-10-21(25)19-32-29-27(24-17-14-22(31(3,4)5)18-26(24)38-29)28(34)33-23-15-12-20(13-16-23)30(35)37-7-2/h8-13,15-16,19,22H,6-7,14,17-18H2,1-5H3,(H,33,34)/b32-19+. The number of para-hydroxylation sites is 1. The second-order valence-electron chi connectivity index (χ2n) is 10.5. The van der Waals surface area contributed by atoms with Crippen molar-refractivity contribution in [2.45, 2.75) is 53.9 Å². The molecular formula is C31H36N2O4S. The third-order valence-corrected chi connectivity index (χ3v) is 8.05. The van der Waals surface area contributed by atoms with E-state index in [0.29, 0.717) is 40.9 Å². The predicted molar refractivity (Wildman–Crippen MR) is 155 cm³/mol. The summed E-state index contributed by atoms with van der Waals surface area (Å²) < 4.78 is 10.8. The minimum absolute atomic E-state index is 0.189. The fraction of sp³-hybridized carbons (Fsp3) is 0.387. The van der Waals surface area contributed by atoms with Gasteiger partial charge in [0.2, 0.25) is 0 Å². The van der Waals surface area contributed by atoms with Crippen molar-refractivity contribution in [2.24, 2.45) is 16.3 Å². The number of anilines is 1. The van der Waals surface area contributed by atoms with Gasteiger partial charge in [-0.05, 0) is 86.4 Å². The van der Waals surface area contributed by atoms with E-state index < -0.39 is 0 Å². The second kappa shape index (κ2) is 11.9. The lowest BCUT2D eigenvalue weighted by molar-refractivity contribution is 0.0526. The van der Waals surface area contributed by atoms with Crippen LogP contribution in [0.2, 0.25) is 0 Å². The van der Waals surface area contributed by atoms with Gasteiger partial charge in [-0.25, -0.2) is 9.79 Å². The van der Waals surface area contributed by atoms with Crippen molar-refractivity contribution in [3.63, 3.8) is 0 Å². The number of hydrogen-bond acceptors (Lipinski definition) is 6. The minimum Gasteiger partial charge on any atom is -0.493 e. The van der Waals surface area contributed by atoms with Crippen LogP contribution in [0.25, 0.3) is 0 Å². The first-order chi connectivity index (χ1) is 18.2. The summed E-state index contributed by atoms with van der Waals surface area (Å²) in [7, 11) is 0. The van der Waals surface area contributed by atoms with Gasteiger partial charge in [-0.15, -0.1) is 11.3 Å². The molecule has 1 heterocycles. The Hall–Kier alpha value is -3.45. The van der Waals surface area contributed by atoms with Crippen LogP contribution in [-0.2, 0) is 17.6 Å². The molecule has 3 aromatic rings. The summed E-state index contributed by atoms with van der Waals surface area (Å²) in [4.78, 5) is 31.7. The molecule has 1 aliphatic rings. The molecule has 1 unspecified atom stereocenters. The maximum absolute atomic E-state index is 13.7. The molecule has 7 heteroatoms. The monoisotopic (exact) mass is 532 g/mol. The van der Waals surface area contributed by atoms with Crippen molar-refractivity contribution in [3.05, 3.63) is 75.7 Å². The Bertz CT molecular complexity index is 1320. The van der Waals surface area contributed by atoms with Crippen LogP contribution in [0.15, 0.2) is 53.5 Å². The van der Waals surface area contributed by atoms with Gasteiger partial charge in [-0.3, -0.25) is 4.79 Å². The van der Waals surface area contributed by atoms with E-state index in [1.54, 1.807) is 48.7 Å². The predicted octanol–water partition coefficient (Wildman–Crippen LogP) is 7.48. The molecular weight excluding hydrogens is 496 g/mol. The van der Waals surface area contributed by atoms with Gasteiger partial charge in [0.1, 0.15) is 10.8 Å². The molecule has 0 saturated heterocycles. The van der Waals surface area contributed by atoms with E-state index in [-0.39, 0.29) is 17.3 Å². The number of hydrogen-bond donors (Lipinski definition) is 1. The SMILES string of the molecule is CCOC(=O)c1ccc(NC(=O)c2c(/N=C/c3ccccc3OCC)sc3c2CCC(C(C)(C)C)C3)cc1. The Morgan fingerprint density at radius 2 is 1.82 bits per heavy atom. The van der Waals surface area contributed by atoms with Crippen LogP contribution < -0.4 is 10.1 Å². The zero-order chi connectivity index (χ0) is 27.3. The van der Waals surface area contributed by atoms with Crippen LogP contribution in [0.1, 0.15) is 77.8 Å². The van der Waals surface area contributed by atoms with E-state index in [9.17, 15) is 9.59 Å². The van der Waals surface area contributed by atoms with Crippen molar-refractivity contribution in [2.75, 3.05) is 18.5 Å². The van der Waals surface area contributed by atoms with Gasteiger partial charge >= 0.3 is 5.97 Å². The van der Waals surface area contributed by atoms with Gasteiger partial charge in [-0.2, -0.15) is 0 Å². The fourth-order valence-electron chi connectivity index (χ4n) is 4.74. The Kier molecular flexibility index (Phi) is 8.67. The van der Waals surface area contributed by atoms with E-state index >= 15 is 0 Å². The smallest absolute Gasteiger partial charge is 0.338 e. The Balaban J connectivity index is 1.66. The summed E-state index contributed by atoms with van der Waals surface area (Å²) >= 11 is 1.61. The van der Waals surface area contributed by atoms with Gasteiger partial charge in [0.25, 0.3) is 5.91 Å². The lowest BCUT2D eigenvalue weighted by Gasteiger charge is -2.33. The van der Waals surface area contributed by atoms with Gasteiger partial charge in [-0.1, -0.05) is 32.9 Å². The number of nitrogens with zero attached hydrogens (tertiary/aromatic N) is 1. The molecule has 0 fully saturated rings. The normalized spacial score (nSPS) is 15.2. The Morgan fingerprint density at radius 1 is 1.08 bits per heavy atom. The van der Waals surface area contributed by atoms with E-state index in [4.69, 9.17) is 14.5 Å². The van der Waals surface area contributed by atoms with E-state index in [1.165, 1.54) is 4.88 Å². The zero-order valence-electron chi connectivity index (χ0n) is 22.8. The highest BCUT2D eigenvalue weighted by molar-refractivity contribution is 7.16. The molecule has 200 valence electrons. The number of fused-ring (bicyclic) bond motifs is 1. The quantitative estimate of drug-likeness (QED) is 0.241. The number of rotatable bonds is 8. The molecule has 1 aromatic heterocycles. The summed E-state index contributed by atoms with van der Waals surface area (Å²) in [5.74, 6) is 0.747. The van der Waals surface area contributed by atoms with Gasteiger partial charge in [0.05, 0.1) is 24.3 Å². The molecule has 2 aromatic carbocycles. The van der Waals surface area contributed by atoms with E-state index in [0.717, 1.165) is 36.1 Å². The number of thiophene rings is 1. The molecule has 0 saturated carbocycles. The number of carbonyl (C=O) groups excluding carboxylic acids is 2. The first kappa shape index (κ1) is 27.6. The topological polar surface area (TPSA) is 77.0 Å². The van der Waals surface area contributed by atoms with Gasteiger partial charge in [0.15, 0.2) is 0 Å². The highest BCUT2D eigenvalue weighted by atomic mass is 32.1. The number of nitrogens with one attached hydrogen (secondary N) is 1. The molecule has 38 heavy (non-hydrogen) atoms. The molecule has 0 aliphatic heterocycles. The summed E-state index contributed by atoms with van der Waals surface area (Å²) in [5, 5.41) is 3.73. The van der Waals surface area contributed by atoms with Gasteiger partial charge < -0.3 is 14.8 Å². The van der Waals surface area contributed by atoms with Crippen molar-refractivity contribution in [1.82, 2.24) is 0 Å². The number of esters is 1. The third-order valence-electron chi connectivity index (χ3n) is 6.89. The summed E-state index contributed by atoms with van der Waals surface area (Å²) in [6.45, 7) is 11.5. The molecule has 1 aliphatic carbocycles. The molecule has 1 atom stereocenters. The number of amides is 1. The van der Waals surface area contributed by atoms with Crippen molar-refractivity contribution < 1.29 is 19.1 Å². The van der Waals surface area contributed by atoms with Crippen LogP contribution in [0.4, 0.5) is 10.7 Å². The molecule has 0 spiro atoms. The van der Waals surface area contributed by atoms with Crippen molar-refractivity contribution in [3.8, 4) is 5.75 Å². The Morgan fingerprint density at radius 3 is 2.50 bits per heavy atom. The number of ether oxygens (including phenoxy) is 2. The molecule has 4 rings (SSSR count). The fourth-order valence-corrected chi connectivity index (χ4v) is 6.00. The molecule has 1 N–H and O–H groups in total. The largest absolute Gasteiger partial charge is 0.493 e. The number of carbonyl (C=O) groups is 2. The first-order valence-corrected chi connectivity index (χ1v) is 14.0. The lowest BCUT2D eigenvalue weighted by Crippen LogP contribution is -2.27. The average molecular weight is 533 g/mol. The van der Waals surface area contributed by atoms with Crippen molar-refractivity contribution in [1.29, 1.82) is 0 Å². The van der Waals surface area contributed by atoms with Crippen LogP contribution >= 0.6 is 11.3 Å². The zero-order valence-corrected chi connectivity index (χ0v) is 23.6.